The summed E-state index contributed by atoms with van der Waals surface area (Å²) in [6.07, 6.45) is 4.67. The van der Waals surface area contributed by atoms with Crippen LogP contribution in [0.1, 0.15) is 12.0 Å². The van der Waals surface area contributed by atoms with Crippen LogP contribution in [0.25, 0.3) is 0 Å². The number of sulfone groups is 1. The Hall–Kier alpha value is -3.21. The predicted octanol–water partition coefficient (Wildman–Crippen LogP) is 1.05. The van der Waals surface area contributed by atoms with Crippen molar-refractivity contribution in [2.24, 2.45) is 0 Å². The summed E-state index contributed by atoms with van der Waals surface area (Å²) in [6, 6.07) is 5.82. The molecule has 0 saturated carbocycles. The number of hydrogen-bond donors (Lipinski definition) is 2. The van der Waals surface area contributed by atoms with Crippen molar-refractivity contribution in [1.82, 2.24) is 20.2 Å². The SMILES string of the molecule is Cc1ccc(S(C)(=O)=O)cc1NC(=O)NCCC(=O)N1CCN(c2ncccn2)CC1. The van der Waals surface area contributed by atoms with Crippen LogP contribution >= 0.6 is 0 Å². The molecule has 166 valence electrons. The van der Waals surface area contributed by atoms with Gasteiger partial charge in [0.2, 0.25) is 11.9 Å². The number of hydrogen-bond acceptors (Lipinski definition) is 7. The van der Waals surface area contributed by atoms with E-state index in [0.29, 0.717) is 37.8 Å². The van der Waals surface area contributed by atoms with Gasteiger partial charge in [-0.2, -0.15) is 0 Å². The topological polar surface area (TPSA) is 125 Å². The second-order valence-corrected chi connectivity index (χ2v) is 9.31. The van der Waals surface area contributed by atoms with Crippen LogP contribution in [0.3, 0.4) is 0 Å². The Balaban J connectivity index is 1.43. The maximum Gasteiger partial charge on any atom is 0.319 e. The third-order valence-corrected chi connectivity index (χ3v) is 6.09. The molecule has 3 rings (SSSR count). The molecular formula is C20H26N6O4S. The zero-order valence-electron chi connectivity index (χ0n) is 17.5. The lowest BCUT2D eigenvalue weighted by molar-refractivity contribution is -0.131. The first-order chi connectivity index (χ1) is 14.7. The smallest absolute Gasteiger partial charge is 0.319 e. The molecule has 0 aliphatic carbocycles. The number of piperazine rings is 1. The van der Waals surface area contributed by atoms with Gasteiger partial charge in [-0.05, 0) is 30.7 Å². The summed E-state index contributed by atoms with van der Waals surface area (Å²) in [5.74, 6) is 0.618. The molecule has 2 N–H and O–H groups in total. The van der Waals surface area contributed by atoms with E-state index in [1.807, 2.05) is 4.90 Å². The molecule has 1 aromatic heterocycles. The molecule has 0 spiro atoms. The molecule has 0 unspecified atom stereocenters. The van der Waals surface area contributed by atoms with Crippen molar-refractivity contribution in [1.29, 1.82) is 0 Å². The molecule has 1 aliphatic heterocycles. The molecule has 2 heterocycles. The third kappa shape index (κ3) is 6.14. The van der Waals surface area contributed by atoms with Gasteiger partial charge in [0.25, 0.3) is 0 Å². The molecule has 0 atom stereocenters. The number of rotatable bonds is 6. The Morgan fingerprint density at radius 1 is 1.10 bits per heavy atom. The number of carbonyl (C=O) groups is 2. The number of urea groups is 1. The van der Waals surface area contributed by atoms with Crippen molar-refractivity contribution in [2.75, 3.05) is 49.2 Å². The van der Waals surface area contributed by atoms with E-state index >= 15 is 0 Å². The van der Waals surface area contributed by atoms with E-state index in [2.05, 4.69) is 20.6 Å². The number of nitrogens with zero attached hydrogens (tertiary/aromatic N) is 4. The van der Waals surface area contributed by atoms with Crippen LogP contribution in [-0.4, -0.2) is 74.2 Å². The third-order valence-electron chi connectivity index (χ3n) is 4.98. The molecule has 0 bridgehead atoms. The van der Waals surface area contributed by atoms with Gasteiger partial charge in [0.15, 0.2) is 9.84 Å². The molecule has 1 saturated heterocycles. The molecule has 3 amide bonds. The number of aryl methyl sites for hydroxylation is 1. The number of amides is 3. The van der Waals surface area contributed by atoms with Gasteiger partial charge in [0.05, 0.1) is 4.90 Å². The molecule has 2 aromatic rings. The second kappa shape index (κ2) is 9.73. The van der Waals surface area contributed by atoms with Crippen molar-refractivity contribution in [2.45, 2.75) is 18.2 Å². The van der Waals surface area contributed by atoms with Crippen molar-refractivity contribution in [3.63, 3.8) is 0 Å². The van der Waals surface area contributed by atoms with Gasteiger partial charge in [-0.1, -0.05) is 6.07 Å². The quantitative estimate of drug-likeness (QED) is 0.679. The monoisotopic (exact) mass is 446 g/mol. The van der Waals surface area contributed by atoms with Crippen LogP contribution in [0, 0.1) is 6.92 Å². The Labute approximate surface area is 181 Å². The maximum absolute atomic E-state index is 12.4. The lowest BCUT2D eigenvalue weighted by Gasteiger charge is -2.34. The Morgan fingerprint density at radius 3 is 2.42 bits per heavy atom. The van der Waals surface area contributed by atoms with E-state index in [1.54, 1.807) is 36.4 Å². The van der Waals surface area contributed by atoms with Crippen molar-refractivity contribution in [3.8, 4) is 0 Å². The summed E-state index contributed by atoms with van der Waals surface area (Å²) >= 11 is 0. The van der Waals surface area contributed by atoms with Crippen LogP contribution in [0.15, 0.2) is 41.6 Å². The normalized spacial score (nSPS) is 14.3. The molecule has 0 radical (unpaired) electrons. The van der Waals surface area contributed by atoms with Gasteiger partial charge in [-0.25, -0.2) is 23.2 Å². The fourth-order valence-corrected chi connectivity index (χ4v) is 3.83. The van der Waals surface area contributed by atoms with Crippen LogP contribution in [-0.2, 0) is 14.6 Å². The maximum atomic E-state index is 12.4. The Morgan fingerprint density at radius 2 is 1.77 bits per heavy atom. The highest BCUT2D eigenvalue weighted by atomic mass is 32.2. The van der Waals surface area contributed by atoms with Crippen molar-refractivity contribution >= 4 is 33.4 Å². The molecule has 1 aromatic carbocycles. The van der Waals surface area contributed by atoms with Crippen LogP contribution in [0.5, 0.6) is 0 Å². The van der Waals surface area contributed by atoms with Gasteiger partial charge >= 0.3 is 6.03 Å². The lowest BCUT2D eigenvalue weighted by Crippen LogP contribution is -2.49. The summed E-state index contributed by atoms with van der Waals surface area (Å²) in [6.45, 7) is 4.39. The lowest BCUT2D eigenvalue weighted by atomic mass is 10.2. The van der Waals surface area contributed by atoms with Gasteiger partial charge in [-0.3, -0.25) is 4.79 Å². The van der Waals surface area contributed by atoms with Crippen LogP contribution in [0.4, 0.5) is 16.4 Å². The van der Waals surface area contributed by atoms with Crippen molar-refractivity contribution in [3.05, 3.63) is 42.2 Å². The minimum atomic E-state index is -3.37. The second-order valence-electron chi connectivity index (χ2n) is 7.30. The molecule has 10 nitrogen and oxygen atoms in total. The zero-order chi connectivity index (χ0) is 22.4. The average Bonchev–Trinajstić information content (AvgIpc) is 2.75. The van der Waals surface area contributed by atoms with Gasteiger partial charge in [-0.15, -0.1) is 0 Å². The highest BCUT2D eigenvalue weighted by molar-refractivity contribution is 7.90. The highest BCUT2D eigenvalue weighted by Crippen LogP contribution is 2.20. The fourth-order valence-electron chi connectivity index (χ4n) is 3.18. The van der Waals surface area contributed by atoms with Gasteiger partial charge < -0.3 is 20.4 Å². The van der Waals surface area contributed by atoms with E-state index in [9.17, 15) is 18.0 Å². The van der Waals surface area contributed by atoms with Crippen LogP contribution < -0.4 is 15.5 Å². The van der Waals surface area contributed by atoms with E-state index in [4.69, 9.17) is 0 Å². The minimum absolute atomic E-state index is 0.0378. The summed E-state index contributed by atoms with van der Waals surface area (Å²) in [5.41, 5.74) is 1.14. The van der Waals surface area contributed by atoms with E-state index in [0.717, 1.165) is 11.8 Å². The van der Waals surface area contributed by atoms with E-state index in [1.165, 1.54) is 12.1 Å². The average molecular weight is 447 g/mol. The van der Waals surface area contributed by atoms with Gasteiger partial charge in [0, 0.05) is 63.5 Å². The number of aromatic nitrogens is 2. The predicted molar refractivity (Wildman–Crippen MR) is 117 cm³/mol. The molecule has 1 fully saturated rings. The van der Waals surface area contributed by atoms with Gasteiger partial charge in [0.1, 0.15) is 0 Å². The first kappa shape index (κ1) is 22.5. The standard InChI is InChI=1S/C20H26N6O4S/c1-15-4-5-16(31(2,29)30)14-17(15)24-20(28)23-9-6-18(27)25-10-12-26(13-11-25)19-21-7-3-8-22-19/h3-5,7-8,14H,6,9-13H2,1-2H3,(H2,23,24,28). The Bertz CT molecular complexity index is 1040. The summed E-state index contributed by atoms with van der Waals surface area (Å²) < 4.78 is 23.4. The highest BCUT2D eigenvalue weighted by Gasteiger charge is 2.22. The first-order valence-corrected chi connectivity index (χ1v) is 11.8. The molecule has 1 aliphatic rings. The largest absolute Gasteiger partial charge is 0.339 e. The number of carbonyl (C=O) groups excluding carboxylic acids is 2. The molecular weight excluding hydrogens is 420 g/mol. The van der Waals surface area contributed by atoms with E-state index < -0.39 is 15.9 Å². The zero-order valence-corrected chi connectivity index (χ0v) is 18.4. The van der Waals surface area contributed by atoms with Crippen molar-refractivity contribution < 1.29 is 18.0 Å². The summed E-state index contributed by atoms with van der Waals surface area (Å²) in [7, 11) is -3.37. The van der Waals surface area contributed by atoms with E-state index in [-0.39, 0.29) is 23.8 Å². The molecule has 31 heavy (non-hydrogen) atoms. The Kier molecular flexibility index (Phi) is 7.06. The first-order valence-electron chi connectivity index (χ1n) is 9.89. The fraction of sp³-hybridized carbons (Fsp3) is 0.400. The minimum Gasteiger partial charge on any atom is -0.339 e. The molecule has 11 heteroatoms. The number of nitrogens with one attached hydrogen (secondary N) is 2. The van der Waals surface area contributed by atoms with Crippen LogP contribution in [0.2, 0.25) is 0 Å². The number of benzene rings is 1. The number of anilines is 2. The summed E-state index contributed by atoms with van der Waals surface area (Å²) in [4.78, 5) is 37.0. The summed E-state index contributed by atoms with van der Waals surface area (Å²) in [5, 5.41) is 5.28.